The Bertz CT molecular complexity index is 1120. The smallest absolute Gasteiger partial charge is 0.255 e. The molecule has 0 aromatic heterocycles. The Morgan fingerprint density at radius 3 is 2.58 bits per heavy atom. The summed E-state index contributed by atoms with van der Waals surface area (Å²) in [6.45, 7) is -0.136. The number of hydrogen-bond acceptors (Lipinski definition) is 8. The van der Waals surface area contributed by atoms with Gasteiger partial charge < -0.3 is 25.3 Å². The van der Waals surface area contributed by atoms with Gasteiger partial charge in [0.15, 0.2) is 23.7 Å². The number of carbonyl (C=O) groups is 1. The molecule has 2 aromatic carbocycles. The molecule has 0 spiro atoms. The largest absolute Gasteiger partial charge is 0.505 e. The van der Waals surface area contributed by atoms with Gasteiger partial charge in [-0.25, -0.2) is 4.39 Å². The van der Waals surface area contributed by atoms with Crippen LogP contribution in [-0.4, -0.2) is 24.3 Å². The number of methoxy groups -OCH3 is 1. The normalized spacial score (nSPS) is 9.71. The van der Waals surface area contributed by atoms with Gasteiger partial charge in [0.1, 0.15) is 23.7 Å². The van der Waals surface area contributed by atoms with Crippen molar-refractivity contribution in [3.8, 4) is 17.9 Å². The van der Waals surface area contributed by atoms with E-state index in [0.717, 1.165) is 18.3 Å². The van der Waals surface area contributed by atoms with Crippen LogP contribution in [0.5, 0.6) is 5.75 Å². The number of halogens is 2. The van der Waals surface area contributed by atoms with E-state index < -0.39 is 23.1 Å². The maximum absolute atomic E-state index is 13.5. The molecule has 0 unspecified atom stereocenters. The van der Waals surface area contributed by atoms with Crippen LogP contribution in [0.4, 0.5) is 14.0 Å². The van der Waals surface area contributed by atoms with Crippen molar-refractivity contribution in [2.24, 2.45) is 0 Å². The predicted octanol–water partition coefficient (Wildman–Crippen LogP) is 4.02. The molecule has 0 radical (unpaired) electrons. The molecule has 11 heteroatoms. The van der Waals surface area contributed by atoms with Crippen molar-refractivity contribution in [1.29, 1.82) is 15.9 Å². The molecule has 31 heavy (non-hydrogen) atoms. The summed E-state index contributed by atoms with van der Waals surface area (Å²) in [5, 5.41) is 38.4. The quantitative estimate of drug-likeness (QED) is 0.209. The molecule has 1 amide bonds. The zero-order chi connectivity index (χ0) is 23.0. The third kappa shape index (κ3) is 5.10. The van der Waals surface area contributed by atoms with Crippen LogP contribution in [-0.2, 0) is 6.54 Å². The highest BCUT2D eigenvalue weighted by molar-refractivity contribution is 7.95. The molecule has 158 valence electrons. The molecule has 0 fully saturated rings. The molecule has 0 aliphatic heterocycles. The van der Waals surface area contributed by atoms with Crippen molar-refractivity contribution < 1.29 is 22.9 Å². The molecule has 8 nitrogen and oxygen atoms in total. The Labute approximate surface area is 180 Å². The van der Waals surface area contributed by atoms with Gasteiger partial charge >= 0.3 is 0 Å². The topological polar surface area (TPSA) is 142 Å². The minimum absolute atomic E-state index is 0.0403. The first-order valence-corrected chi connectivity index (χ1v) is 9.18. The molecule has 0 heterocycles. The van der Waals surface area contributed by atoms with Gasteiger partial charge in [0.05, 0.1) is 18.4 Å². The molecule has 4 N–H and O–H groups in total. The van der Waals surface area contributed by atoms with E-state index in [-0.39, 0.29) is 47.0 Å². The number of nitrogens with zero attached hydrogens (tertiary/aromatic N) is 2. The van der Waals surface area contributed by atoms with Crippen LogP contribution in [0.3, 0.4) is 0 Å². The van der Waals surface area contributed by atoms with Crippen LogP contribution in [0.2, 0.25) is 0 Å². The number of aliphatic hydroxyl groups excluding tert-OH is 1. The van der Waals surface area contributed by atoms with E-state index in [0.29, 0.717) is 5.56 Å². The second kappa shape index (κ2) is 10.6. The van der Waals surface area contributed by atoms with Crippen molar-refractivity contribution in [3.05, 3.63) is 64.0 Å². The maximum Gasteiger partial charge on any atom is 0.255 e. The predicted molar refractivity (Wildman–Crippen MR) is 112 cm³/mol. The number of allylic oxidation sites excluding steroid dienone is 1. The lowest BCUT2D eigenvalue weighted by Gasteiger charge is -2.16. The first kappa shape index (κ1) is 23.2. The van der Waals surface area contributed by atoms with Gasteiger partial charge in [-0.05, 0) is 29.8 Å². The van der Waals surface area contributed by atoms with E-state index in [4.69, 9.17) is 20.7 Å². The summed E-state index contributed by atoms with van der Waals surface area (Å²) in [6.07, 6.45) is 0.859. The van der Waals surface area contributed by atoms with Gasteiger partial charge in [-0.1, -0.05) is 6.07 Å². The molecule has 0 saturated heterocycles. The van der Waals surface area contributed by atoms with Gasteiger partial charge in [-0.2, -0.15) is 10.5 Å². The highest BCUT2D eigenvalue weighted by atomic mass is 32.2. The zero-order valence-electron chi connectivity index (χ0n) is 16.0. The number of rotatable bonds is 8. The summed E-state index contributed by atoms with van der Waals surface area (Å²) in [5.74, 6) is -1.81. The first-order valence-electron chi connectivity index (χ1n) is 8.47. The minimum atomic E-state index is -0.690. The molecule has 0 aliphatic carbocycles. The van der Waals surface area contributed by atoms with Crippen LogP contribution in [0.15, 0.2) is 35.9 Å². The molecular weight excluding hydrogens is 428 g/mol. The van der Waals surface area contributed by atoms with Crippen LogP contribution in [0, 0.1) is 33.9 Å². The van der Waals surface area contributed by atoms with Gasteiger partial charge in [0.25, 0.3) is 5.91 Å². The number of aliphatic hydroxyl groups is 1. The minimum Gasteiger partial charge on any atom is -0.505 e. The van der Waals surface area contributed by atoms with Crippen LogP contribution in [0.1, 0.15) is 27.0 Å². The highest BCUT2D eigenvalue weighted by Crippen LogP contribution is 2.32. The van der Waals surface area contributed by atoms with Crippen molar-refractivity contribution >= 4 is 35.9 Å². The van der Waals surface area contributed by atoms with Gasteiger partial charge in [-0.15, -0.1) is 3.89 Å². The Hall–Kier alpha value is -4.09. The molecule has 2 rings (SSSR count). The second-order valence-corrected chi connectivity index (χ2v) is 6.22. The van der Waals surface area contributed by atoms with Gasteiger partial charge in [0.2, 0.25) is 0 Å². The Morgan fingerprint density at radius 2 is 2.00 bits per heavy atom. The summed E-state index contributed by atoms with van der Waals surface area (Å²) < 4.78 is 33.8. The van der Waals surface area contributed by atoms with Crippen molar-refractivity contribution in [2.75, 3.05) is 11.8 Å². The number of nitrogens with one attached hydrogen (secondary N) is 3. The van der Waals surface area contributed by atoms with Crippen LogP contribution in [0.25, 0.3) is 5.76 Å². The summed E-state index contributed by atoms with van der Waals surface area (Å²) in [4.78, 5) is 12.5. The molecule has 0 atom stereocenters. The number of benzene rings is 2. The van der Waals surface area contributed by atoms with E-state index in [9.17, 15) is 18.2 Å². The van der Waals surface area contributed by atoms with Crippen molar-refractivity contribution in [1.82, 2.24) is 5.32 Å². The Kier molecular flexibility index (Phi) is 7.94. The molecule has 0 saturated carbocycles. The van der Waals surface area contributed by atoms with Crippen LogP contribution >= 0.6 is 12.3 Å². The third-order valence-electron chi connectivity index (χ3n) is 4.18. The number of carbonyl (C=O) groups excluding carboxylic acids is 1. The van der Waals surface area contributed by atoms with Gasteiger partial charge in [-0.3, -0.25) is 4.79 Å². The lowest BCUT2D eigenvalue weighted by Crippen LogP contribution is -2.24. The third-order valence-corrected chi connectivity index (χ3v) is 4.46. The Balaban J connectivity index is 2.44. The zero-order valence-corrected chi connectivity index (χ0v) is 16.8. The monoisotopic (exact) mass is 443 g/mol. The summed E-state index contributed by atoms with van der Waals surface area (Å²) in [5.41, 5.74) is -0.344. The van der Waals surface area contributed by atoms with E-state index in [1.165, 1.54) is 37.4 Å². The van der Waals surface area contributed by atoms with E-state index in [2.05, 4.69) is 10.0 Å². The molecular formula is C20H15F2N5O3S. The Morgan fingerprint density at radius 1 is 1.29 bits per heavy atom. The molecule has 0 bridgehead atoms. The highest BCUT2D eigenvalue weighted by Gasteiger charge is 2.19. The lowest BCUT2D eigenvalue weighted by atomic mass is 9.98. The standard InChI is InChI=1S/C20H15F2N5O3S/c1-30-17-5-3-13(21)6-15(17)20(29)26-10-11-2-4-14(19(28)12(7-23)8-24)18(27-31-22)16(11)9-25/h2-6,9,25,27-28H,10H2,1H3,(H,26,29). The van der Waals surface area contributed by atoms with E-state index >= 15 is 0 Å². The fourth-order valence-electron chi connectivity index (χ4n) is 2.72. The maximum atomic E-state index is 13.5. The van der Waals surface area contributed by atoms with E-state index in [1.807, 2.05) is 0 Å². The summed E-state index contributed by atoms with van der Waals surface area (Å²) in [7, 11) is 1.33. The summed E-state index contributed by atoms with van der Waals surface area (Å²) >= 11 is -0.319. The second-order valence-electron chi connectivity index (χ2n) is 5.86. The van der Waals surface area contributed by atoms with Gasteiger partial charge in [0, 0.05) is 23.9 Å². The number of anilines is 1. The fourth-order valence-corrected chi connectivity index (χ4v) is 3.02. The van der Waals surface area contributed by atoms with Crippen LogP contribution < -0.4 is 14.8 Å². The number of ether oxygens (including phenoxy) is 1. The molecule has 0 aliphatic rings. The number of hydrogen-bond donors (Lipinski definition) is 4. The average Bonchev–Trinajstić information content (AvgIpc) is 2.78. The average molecular weight is 443 g/mol. The number of amides is 1. The first-order chi connectivity index (χ1) is 14.9. The fraction of sp³-hybridized carbons (Fsp3) is 0.100. The lowest BCUT2D eigenvalue weighted by molar-refractivity contribution is 0.0947. The van der Waals surface area contributed by atoms with E-state index in [1.54, 1.807) is 0 Å². The molecule has 2 aromatic rings. The summed E-state index contributed by atoms with van der Waals surface area (Å²) in [6, 6.07) is 9.25. The van der Waals surface area contributed by atoms with Crippen molar-refractivity contribution in [3.63, 3.8) is 0 Å². The number of nitriles is 2. The van der Waals surface area contributed by atoms with Crippen molar-refractivity contribution in [2.45, 2.75) is 6.54 Å². The SMILES string of the molecule is COc1ccc(F)cc1C(=O)NCc1ccc(C(O)=C(C#N)C#N)c(NSF)c1C=N.